The summed E-state index contributed by atoms with van der Waals surface area (Å²) >= 11 is 0. The molecule has 0 aliphatic carbocycles. The Hall–Kier alpha value is -0.110. The van der Waals surface area contributed by atoms with Gasteiger partial charge in [-0.2, -0.15) is 0 Å². The first kappa shape index (κ1) is 8.98. The van der Waals surface area contributed by atoms with Crippen molar-refractivity contribution in [3.8, 4) is 0 Å². The fourth-order valence-corrected chi connectivity index (χ4v) is 1.68. The summed E-state index contributed by atoms with van der Waals surface area (Å²) in [5.74, 6) is 0.191. The molecule has 1 fully saturated rings. The second kappa shape index (κ2) is 3.10. The van der Waals surface area contributed by atoms with E-state index < -0.39 is 6.17 Å². The monoisotopic (exact) mass is 159 g/mol. The first-order chi connectivity index (χ1) is 5.02. The lowest BCUT2D eigenvalue weighted by Crippen LogP contribution is -2.44. The van der Waals surface area contributed by atoms with E-state index in [4.69, 9.17) is 0 Å². The van der Waals surface area contributed by atoms with Gasteiger partial charge in [0.1, 0.15) is 6.17 Å². The minimum atomic E-state index is -0.601. The first-order valence-electron chi connectivity index (χ1n) is 4.36. The quantitative estimate of drug-likeness (QED) is 0.570. The third-order valence-corrected chi connectivity index (χ3v) is 2.51. The van der Waals surface area contributed by atoms with Gasteiger partial charge in [0.15, 0.2) is 0 Å². The molecule has 1 N–H and O–H groups in total. The van der Waals surface area contributed by atoms with Crippen LogP contribution < -0.4 is 5.32 Å². The summed E-state index contributed by atoms with van der Waals surface area (Å²) in [6, 6.07) is 0. The van der Waals surface area contributed by atoms with Gasteiger partial charge in [0, 0.05) is 12.5 Å². The standard InChI is InChI=1S/C9H18FN/c1-9(2,3)7-6-11-5-4-8(7)10/h7-8,11H,4-6H2,1-3H3. The number of nitrogens with one attached hydrogen (secondary N) is 1. The van der Waals surface area contributed by atoms with Crippen molar-refractivity contribution in [2.45, 2.75) is 33.4 Å². The van der Waals surface area contributed by atoms with Crippen LogP contribution in [-0.2, 0) is 0 Å². The SMILES string of the molecule is CC(C)(C)C1CNCCC1F. The van der Waals surface area contributed by atoms with E-state index in [0.29, 0.717) is 6.42 Å². The van der Waals surface area contributed by atoms with Crippen molar-refractivity contribution in [1.82, 2.24) is 5.32 Å². The number of hydrogen-bond acceptors (Lipinski definition) is 1. The Morgan fingerprint density at radius 2 is 2.00 bits per heavy atom. The third kappa shape index (κ3) is 2.16. The Morgan fingerprint density at radius 3 is 2.36 bits per heavy atom. The van der Waals surface area contributed by atoms with E-state index in [2.05, 4.69) is 26.1 Å². The molecule has 1 aliphatic rings. The molecule has 1 saturated heterocycles. The Kier molecular flexibility index (Phi) is 2.53. The molecule has 1 nitrogen and oxygen atoms in total. The summed E-state index contributed by atoms with van der Waals surface area (Å²) in [4.78, 5) is 0. The molecule has 2 unspecified atom stereocenters. The topological polar surface area (TPSA) is 12.0 Å². The van der Waals surface area contributed by atoms with Crippen LogP contribution in [0, 0.1) is 11.3 Å². The fourth-order valence-electron chi connectivity index (χ4n) is 1.68. The minimum absolute atomic E-state index is 0.104. The Balaban J connectivity index is 2.55. The van der Waals surface area contributed by atoms with E-state index >= 15 is 0 Å². The molecule has 0 bridgehead atoms. The highest BCUT2D eigenvalue weighted by Crippen LogP contribution is 2.32. The number of halogens is 1. The van der Waals surface area contributed by atoms with Crippen LogP contribution >= 0.6 is 0 Å². The first-order valence-corrected chi connectivity index (χ1v) is 4.36. The normalized spacial score (nSPS) is 33.8. The van der Waals surface area contributed by atoms with Crippen LogP contribution in [-0.4, -0.2) is 19.3 Å². The molecule has 66 valence electrons. The van der Waals surface area contributed by atoms with Gasteiger partial charge in [0.25, 0.3) is 0 Å². The number of hydrogen-bond donors (Lipinski definition) is 1. The molecule has 0 radical (unpaired) electrons. The van der Waals surface area contributed by atoms with E-state index in [-0.39, 0.29) is 11.3 Å². The van der Waals surface area contributed by atoms with Crippen molar-refractivity contribution in [2.24, 2.45) is 11.3 Å². The summed E-state index contributed by atoms with van der Waals surface area (Å²) < 4.78 is 13.3. The van der Waals surface area contributed by atoms with Gasteiger partial charge < -0.3 is 5.32 Å². The second-order valence-corrected chi connectivity index (χ2v) is 4.48. The van der Waals surface area contributed by atoms with Crippen LogP contribution in [0.3, 0.4) is 0 Å². The molecule has 0 saturated carbocycles. The largest absolute Gasteiger partial charge is 0.316 e. The molecule has 0 aromatic heterocycles. The molecular formula is C9H18FN. The van der Waals surface area contributed by atoms with E-state index in [1.165, 1.54) is 0 Å². The van der Waals surface area contributed by atoms with E-state index in [9.17, 15) is 4.39 Å². The predicted molar refractivity (Wildman–Crippen MR) is 45.3 cm³/mol. The third-order valence-electron chi connectivity index (χ3n) is 2.51. The number of alkyl halides is 1. The van der Waals surface area contributed by atoms with Crippen LogP contribution in [0.25, 0.3) is 0 Å². The highest BCUT2D eigenvalue weighted by atomic mass is 19.1. The van der Waals surface area contributed by atoms with Crippen molar-refractivity contribution < 1.29 is 4.39 Å². The Morgan fingerprint density at radius 1 is 1.36 bits per heavy atom. The number of rotatable bonds is 0. The van der Waals surface area contributed by atoms with Crippen LogP contribution in [0.5, 0.6) is 0 Å². The predicted octanol–water partition coefficient (Wildman–Crippen LogP) is 1.98. The highest BCUT2D eigenvalue weighted by Gasteiger charge is 2.33. The molecule has 11 heavy (non-hydrogen) atoms. The molecule has 2 heteroatoms. The summed E-state index contributed by atoms with van der Waals surface area (Å²) in [6.45, 7) is 8.00. The molecular weight excluding hydrogens is 141 g/mol. The van der Waals surface area contributed by atoms with Gasteiger partial charge in [-0.05, 0) is 18.4 Å². The van der Waals surface area contributed by atoms with Gasteiger partial charge in [0.2, 0.25) is 0 Å². The maximum absolute atomic E-state index is 13.3. The van der Waals surface area contributed by atoms with Crippen molar-refractivity contribution in [3.63, 3.8) is 0 Å². The fraction of sp³-hybridized carbons (Fsp3) is 1.00. The van der Waals surface area contributed by atoms with E-state index in [1.54, 1.807) is 0 Å². The highest BCUT2D eigenvalue weighted by molar-refractivity contribution is 4.85. The molecule has 1 rings (SSSR count). The van der Waals surface area contributed by atoms with Crippen molar-refractivity contribution in [3.05, 3.63) is 0 Å². The van der Waals surface area contributed by atoms with Gasteiger partial charge in [-0.1, -0.05) is 20.8 Å². The van der Waals surface area contributed by atoms with Crippen LogP contribution in [0.15, 0.2) is 0 Å². The molecule has 1 heterocycles. The second-order valence-electron chi connectivity index (χ2n) is 4.48. The van der Waals surface area contributed by atoms with Crippen molar-refractivity contribution >= 4 is 0 Å². The molecule has 0 aromatic carbocycles. The summed E-state index contributed by atoms with van der Waals surface area (Å²) in [6.07, 6.45) is 0.0818. The maximum Gasteiger partial charge on any atom is 0.106 e. The number of piperidine rings is 1. The smallest absolute Gasteiger partial charge is 0.106 e. The van der Waals surface area contributed by atoms with Crippen molar-refractivity contribution in [2.75, 3.05) is 13.1 Å². The lowest BCUT2D eigenvalue weighted by atomic mass is 9.76. The lowest BCUT2D eigenvalue weighted by Gasteiger charge is -2.36. The molecule has 0 amide bonds. The van der Waals surface area contributed by atoms with E-state index in [0.717, 1.165) is 13.1 Å². The van der Waals surface area contributed by atoms with Crippen molar-refractivity contribution in [1.29, 1.82) is 0 Å². The van der Waals surface area contributed by atoms with E-state index in [1.807, 2.05) is 0 Å². The van der Waals surface area contributed by atoms with Crippen LogP contribution in [0.1, 0.15) is 27.2 Å². The average molecular weight is 159 g/mol. The van der Waals surface area contributed by atoms with Gasteiger partial charge in [0.05, 0.1) is 0 Å². The zero-order chi connectivity index (χ0) is 8.48. The summed E-state index contributed by atoms with van der Waals surface area (Å²) in [7, 11) is 0. The Bertz CT molecular complexity index is 128. The zero-order valence-electron chi connectivity index (χ0n) is 7.65. The average Bonchev–Trinajstić information content (AvgIpc) is 1.86. The Labute approximate surface area is 68.4 Å². The van der Waals surface area contributed by atoms with Gasteiger partial charge in [-0.15, -0.1) is 0 Å². The minimum Gasteiger partial charge on any atom is -0.316 e. The lowest BCUT2D eigenvalue weighted by molar-refractivity contribution is 0.0855. The molecule has 1 aliphatic heterocycles. The van der Waals surface area contributed by atoms with Gasteiger partial charge in [-0.3, -0.25) is 0 Å². The molecule has 2 atom stereocenters. The van der Waals surface area contributed by atoms with Gasteiger partial charge in [-0.25, -0.2) is 4.39 Å². The van der Waals surface area contributed by atoms with Crippen LogP contribution in [0.4, 0.5) is 4.39 Å². The molecule has 0 aromatic rings. The summed E-state index contributed by atoms with van der Waals surface area (Å²) in [5, 5.41) is 3.23. The van der Waals surface area contributed by atoms with Gasteiger partial charge >= 0.3 is 0 Å². The maximum atomic E-state index is 13.3. The molecule has 0 spiro atoms. The zero-order valence-corrected chi connectivity index (χ0v) is 7.65. The summed E-state index contributed by atoms with van der Waals surface area (Å²) in [5.41, 5.74) is 0.104. The van der Waals surface area contributed by atoms with Crippen LogP contribution in [0.2, 0.25) is 0 Å².